The lowest BCUT2D eigenvalue weighted by Gasteiger charge is -2.11. The third kappa shape index (κ3) is 3.78. The highest BCUT2D eigenvalue weighted by molar-refractivity contribution is 5.87. The molecule has 0 bridgehead atoms. The first kappa shape index (κ1) is 21.4. The molecule has 0 atom stereocenters. The Morgan fingerprint density at radius 3 is 2.56 bits per heavy atom. The lowest BCUT2D eigenvalue weighted by atomic mass is 10.1. The van der Waals surface area contributed by atoms with Gasteiger partial charge in [0, 0.05) is 6.54 Å². The van der Waals surface area contributed by atoms with Crippen molar-refractivity contribution in [3.05, 3.63) is 70.2 Å². The van der Waals surface area contributed by atoms with Crippen molar-refractivity contribution in [1.29, 1.82) is 0 Å². The van der Waals surface area contributed by atoms with Gasteiger partial charge in [0.2, 0.25) is 0 Å². The first-order valence-electron chi connectivity index (χ1n) is 10.7. The third-order valence-corrected chi connectivity index (χ3v) is 5.46. The van der Waals surface area contributed by atoms with Gasteiger partial charge in [0.15, 0.2) is 5.69 Å². The molecule has 2 heterocycles. The van der Waals surface area contributed by atoms with Gasteiger partial charge in [-0.3, -0.25) is 4.57 Å². The number of para-hydroxylation sites is 2. The van der Waals surface area contributed by atoms with E-state index in [1.807, 2.05) is 18.2 Å². The molecule has 4 rings (SSSR count). The minimum absolute atomic E-state index is 0.180. The fourth-order valence-corrected chi connectivity index (χ4v) is 3.86. The van der Waals surface area contributed by atoms with Gasteiger partial charge in [-0.2, -0.15) is 4.57 Å². The molecule has 4 aromatic rings. The molecule has 0 aliphatic rings. The van der Waals surface area contributed by atoms with Crippen LogP contribution in [-0.2, 0) is 17.8 Å². The number of hydrogen-bond donors (Lipinski definition) is 0. The van der Waals surface area contributed by atoms with Gasteiger partial charge in [-0.15, -0.1) is 0 Å². The Labute approximate surface area is 185 Å². The Kier molecular flexibility index (Phi) is 5.82. The first-order chi connectivity index (χ1) is 15.4. The maximum Gasteiger partial charge on any atom is 0.422 e. The molecule has 0 saturated carbocycles. The summed E-state index contributed by atoms with van der Waals surface area (Å²) in [7, 11) is 0. The Bertz CT molecular complexity index is 1400. The van der Waals surface area contributed by atoms with Crippen molar-refractivity contribution in [3.8, 4) is 0 Å². The maximum atomic E-state index is 13.3. The van der Waals surface area contributed by atoms with E-state index in [1.165, 1.54) is 0 Å². The SMILES string of the molecule is [C-]#[N+]c1ccc2c(c1)nc(Cn1c(=O)n(C(=O)OCC)c3ccccc31)n2CCC(C)C. The lowest BCUT2D eigenvalue weighted by molar-refractivity contribution is 0.154. The molecule has 0 saturated heterocycles. The van der Waals surface area contributed by atoms with Crippen LogP contribution in [0.3, 0.4) is 0 Å². The topological polar surface area (TPSA) is 75.4 Å². The number of benzene rings is 2. The predicted molar refractivity (Wildman–Crippen MR) is 123 cm³/mol. The molecule has 0 unspecified atom stereocenters. The summed E-state index contributed by atoms with van der Waals surface area (Å²) < 4.78 is 9.82. The fraction of sp³-hybridized carbons (Fsp3) is 0.333. The van der Waals surface area contributed by atoms with Crippen LogP contribution in [0.15, 0.2) is 47.3 Å². The highest BCUT2D eigenvalue weighted by Gasteiger charge is 2.21. The number of hydrogen-bond acceptors (Lipinski definition) is 4. The second-order valence-corrected chi connectivity index (χ2v) is 8.04. The average Bonchev–Trinajstić information content (AvgIpc) is 3.26. The zero-order chi connectivity index (χ0) is 22.8. The van der Waals surface area contributed by atoms with Crippen LogP contribution in [0.1, 0.15) is 33.0 Å². The normalized spacial score (nSPS) is 11.3. The molecule has 164 valence electrons. The average molecular weight is 431 g/mol. The third-order valence-electron chi connectivity index (χ3n) is 5.46. The smallest absolute Gasteiger partial charge is 0.422 e. The van der Waals surface area contributed by atoms with Crippen molar-refractivity contribution < 1.29 is 9.53 Å². The number of fused-ring (bicyclic) bond motifs is 2. The highest BCUT2D eigenvalue weighted by Crippen LogP contribution is 2.24. The van der Waals surface area contributed by atoms with Gasteiger partial charge in [-0.05, 0) is 43.5 Å². The summed E-state index contributed by atoms with van der Waals surface area (Å²) in [5.74, 6) is 1.20. The van der Waals surface area contributed by atoms with Gasteiger partial charge >= 0.3 is 11.8 Å². The van der Waals surface area contributed by atoms with Crippen molar-refractivity contribution in [2.45, 2.75) is 40.3 Å². The van der Waals surface area contributed by atoms with E-state index in [2.05, 4.69) is 23.3 Å². The molecule has 8 nitrogen and oxygen atoms in total. The summed E-state index contributed by atoms with van der Waals surface area (Å²) in [6.07, 6.45) is 0.255. The van der Waals surface area contributed by atoms with E-state index in [1.54, 1.807) is 35.8 Å². The van der Waals surface area contributed by atoms with Crippen LogP contribution in [0.4, 0.5) is 10.5 Å². The molecule has 32 heavy (non-hydrogen) atoms. The van der Waals surface area contributed by atoms with Crippen molar-refractivity contribution in [2.75, 3.05) is 6.61 Å². The molecule has 0 aliphatic carbocycles. The molecule has 8 heteroatoms. The van der Waals surface area contributed by atoms with Gasteiger partial charge in [0.25, 0.3) is 0 Å². The predicted octanol–water partition coefficient (Wildman–Crippen LogP) is 4.80. The summed E-state index contributed by atoms with van der Waals surface area (Å²) in [6.45, 7) is 14.4. The standard InChI is InChI=1S/C24H25N5O3/c1-5-32-24(31)29-21-9-7-6-8-20(21)28(23(29)30)15-22-26-18-14-17(25-4)10-11-19(18)27(22)13-12-16(2)3/h6-11,14,16H,5,12-13,15H2,1-3H3. The molecule has 0 aliphatic heterocycles. The number of carbonyl (C=O) groups is 1. The van der Waals surface area contributed by atoms with E-state index in [0.29, 0.717) is 28.5 Å². The highest BCUT2D eigenvalue weighted by atomic mass is 16.5. The zero-order valence-corrected chi connectivity index (χ0v) is 18.4. The fourth-order valence-electron chi connectivity index (χ4n) is 3.86. The van der Waals surface area contributed by atoms with Crippen molar-refractivity contribution in [1.82, 2.24) is 18.7 Å². The van der Waals surface area contributed by atoms with E-state index in [4.69, 9.17) is 16.3 Å². The number of ether oxygens (including phenoxy) is 1. The van der Waals surface area contributed by atoms with Gasteiger partial charge in [-0.25, -0.2) is 19.4 Å². The van der Waals surface area contributed by atoms with Gasteiger partial charge in [0.1, 0.15) is 5.82 Å². The van der Waals surface area contributed by atoms with E-state index < -0.39 is 11.8 Å². The summed E-state index contributed by atoms with van der Waals surface area (Å²) in [5, 5.41) is 0. The summed E-state index contributed by atoms with van der Waals surface area (Å²) in [5.41, 5.74) is 2.84. The van der Waals surface area contributed by atoms with E-state index in [0.717, 1.165) is 28.6 Å². The van der Waals surface area contributed by atoms with E-state index >= 15 is 0 Å². The van der Waals surface area contributed by atoms with Crippen LogP contribution in [0.2, 0.25) is 0 Å². The van der Waals surface area contributed by atoms with Gasteiger partial charge < -0.3 is 9.30 Å². The minimum Gasteiger partial charge on any atom is -0.449 e. The van der Waals surface area contributed by atoms with Crippen LogP contribution in [-0.4, -0.2) is 31.4 Å². The lowest BCUT2D eigenvalue weighted by Crippen LogP contribution is -2.30. The molecule has 0 fully saturated rings. The summed E-state index contributed by atoms with van der Waals surface area (Å²) in [6, 6.07) is 12.6. The number of aryl methyl sites for hydroxylation is 1. The molecule has 0 spiro atoms. The van der Waals surface area contributed by atoms with Gasteiger partial charge in [0.05, 0.1) is 41.8 Å². The quantitative estimate of drug-likeness (QED) is 0.411. The van der Waals surface area contributed by atoms with Crippen LogP contribution in [0.25, 0.3) is 26.9 Å². The Morgan fingerprint density at radius 2 is 1.88 bits per heavy atom. The monoisotopic (exact) mass is 431 g/mol. The summed E-state index contributed by atoms with van der Waals surface area (Å²) in [4.78, 5) is 34.0. The largest absolute Gasteiger partial charge is 0.449 e. The second kappa shape index (κ2) is 8.71. The number of rotatable bonds is 6. The van der Waals surface area contributed by atoms with Gasteiger partial charge in [-0.1, -0.05) is 32.0 Å². The van der Waals surface area contributed by atoms with Crippen molar-refractivity contribution in [2.24, 2.45) is 5.92 Å². The Morgan fingerprint density at radius 1 is 1.12 bits per heavy atom. The number of aromatic nitrogens is 4. The van der Waals surface area contributed by atoms with E-state index in [9.17, 15) is 9.59 Å². The van der Waals surface area contributed by atoms with Crippen LogP contribution in [0.5, 0.6) is 0 Å². The molecular formula is C24H25N5O3. The number of carbonyl (C=O) groups excluding carboxylic acids is 1. The number of imidazole rings is 2. The van der Waals surface area contributed by atoms with Crippen LogP contribution < -0.4 is 5.69 Å². The molecular weight excluding hydrogens is 406 g/mol. The van der Waals surface area contributed by atoms with E-state index in [-0.39, 0.29) is 13.2 Å². The molecule has 2 aromatic carbocycles. The maximum absolute atomic E-state index is 13.3. The van der Waals surface area contributed by atoms with Crippen molar-refractivity contribution in [3.63, 3.8) is 0 Å². The zero-order valence-electron chi connectivity index (χ0n) is 18.4. The molecule has 0 N–H and O–H groups in total. The summed E-state index contributed by atoms with van der Waals surface area (Å²) >= 11 is 0. The Balaban J connectivity index is 1.87. The molecule has 0 radical (unpaired) electrons. The first-order valence-corrected chi connectivity index (χ1v) is 10.7. The Hall–Kier alpha value is -3.86. The van der Waals surface area contributed by atoms with Crippen molar-refractivity contribution >= 4 is 33.8 Å². The number of nitrogens with zero attached hydrogens (tertiary/aromatic N) is 5. The minimum atomic E-state index is -0.692. The van der Waals surface area contributed by atoms with Crippen LogP contribution >= 0.6 is 0 Å². The second-order valence-electron chi connectivity index (χ2n) is 8.04. The van der Waals surface area contributed by atoms with Crippen LogP contribution in [0, 0.1) is 12.5 Å². The molecule has 2 aromatic heterocycles. The molecule has 0 amide bonds.